The molecule has 2 unspecified atom stereocenters. The summed E-state index contributed by atoms with van der Waals surface area (Å²) in [5.74, 6) is 1.27. The SMILES string of the molecule is c1ccc2c(-c3ccc4c(c3)oc3c(-c5c6ccccc6c(-n6c7ccc(-c8ccccc8)cc7c7cc(-c8ccccc8)ccc76)c6ccccc56)cccc34)c3ccccc3c(-n3c4ccc(C5=CCCC=C5)cc4c4cc(C5=CC=CC6CC56)ccc43)c2c#1. The molecule has 92 heavy (non-hydrogen) atoms. The average Bonchev–Trinajstić information content (AvgIpc) is 1.42. The van der Waals surface area contributed by atoms with Crippen molar-refractivity contribution < 1.29 is 4.42 Å². The minimum Gasteiger partial charge on any atom is -0.455 e. The van der Waals surface area contributed by atoms with Crippen LogP contribution in [0.25, 0.3) is 176 Å². The van der Waals surface area contributed by atoms with Crippen molar-refractivity contribution in [2.45, 2.75) is 19.3 Å². The highest BCUT2D eigenvalue weighted by molar-refractivity contribution is 6.26. The smallest absolute Gasteiger partial charge is 0.143 e. The molecule has 428 valence electrons. The maximum atomic E-state index is 7.39. The molecule has 1 fully saturated rings. The van der Waals surface area contributed by atoms with Gasteiger partial charge in [-0.3, -0.25) is 0 Å². The quantitative estimate of drug-likeness (QED) is 0.139. The highest BCUT2D eigenvalue weighted by atomic mass is 16.3. The van der Waals surface area contributed by atoms with Gasteiger partial charge in [0.1, 0.15) is 11.2 Å². The number of hydrogen-bond donors (Lipinski definition) is 0. The van der Waals surface area contributed by atoms with E-state index in [9.17, 15) is 0 Å². The van der Waals surface area contributed by atoms with Crippen molar-refractivity contribution in [2.24, 2.45) is 11.8 Å². The lowest BCUT2D eigenvalue weighted by atomic mass is 9.89. The van der Waals surface area contributed by atoms with E-state index in [1.54, 1.807) is 0 Å². The van der Waals surface area contributed by atoms with E-state index in [4.69, 9.17) is 4.42 Å². The molecule has 2 atom stereocenters. The molecule has 3 heteroatoms. The van der Waals surface area contributed by atoms with E-state index in [-0.39, 0.29) is 0 Å². The topological polar surface area (TPSA) is 23.0 Å². The summed E-state index contributed by atoms with van der Waals surface area (Å²) >= 11 is 0. The molecular formula is C89H56N2O. The van der Waals surface area contributed by atoms with Crippen LogP contribution < -0.4 is 0 Å². The molecule has 17 aromatic rings. The van der Waals surface area contributed by atoms with Crippen molar-refractivity contribution in [2.75, 3.05) is 0 Å². The molecule has 3 aromatic heterocycles. The monoisotopic (exact) mass is 1170 g/mol. The van der Waals surface area contributed by atoms with E-state index in [1.165, 1.54) is 99.7 Å². The number of hydrogen-bond acceptors (Lipinski definition) is 1. The van der Waals surface area contributed by atoms with E-state index < -0.39 is 0 Å². The second kappa shape index (κ2) is 19.9. The van der Waals surface area contributed by atoms with E-state index in [0.717, 1.165) is 106 Å². The van der Waals surface area contributed by atoms with Crippen LogP contribution in [0.3, 0.4) is 0 Å². The molecule has 14 aromatic carbocycles. The summed E-state index contributed by atoms with van der Waals surface area (Å²) in [6.45, 7) is 0. The second-order valence-electron chi connectivity index (χ2n) is 25.5. The van der Waals surface area contributed by atoms with Crippen LogP contribution in [0.2, 0.25) is 0 Å². The molecule has 0 bridgehead atoms. The molecular weight excluding hydrogens is 1110 g/mol. The third-order valence-electron chi connectivity index (χ3n) is 20.4. The number of benzene rings is 13. The number of rotatable bonds is 8. The van der Waals surface area contributed by atoms with Gasteiger partial charge in [-0.1, -0.05) is 231 Å². The third kappa shape index (κ3) is 7.65. The van der Waals surface area contributed by atoms with E-state index in [2.05, 4.69) is 306 Å². The van der Waals surface area contributed by atoms with Crippen LogP contribution in [-0.2, 0) is 0 Å². The first-order chi connectivity index (χ1) is 45.6. The predicted molar refractivity (Wildman–Crippen MR) is 387 cm³/mol. The Balaban J connectivity index is 0.770. The number of para-hydroxylation sites is 1. The van der Waals surface area contributed by atoms with Gasteiger partial charge in [-0.15, -0.1) is 0 Å². The fraction of sp³-hybridized carbons (Fsp3) is 0.0562. The largest absolute Gasteiger partial charge is 0.455 e. The summed E-state index contributed by atoms with van der Waals surface area (Å²) in [6.07, 6.45) is 17.4. The summed E-state index contributed by atoms with van der Waals surface area (Å²) in [5.41, 5.74) is 23.2. The standard InChI is InChI=1S/C89H56N2O/c1-4-20-54(21-5-1)57-39-44-80-76(48-57)77-49-58(55-22-6-2-7-23-55)40-45-81(77)90(80)88-71-33-16-12-29-67(71)86(68-30-13-17-34-72(68)88)74-37-19-36-73-64-43-38-62(53-84(64)92-89(73)74)85-65-27-10-14-31-69(65)87(70-32-15-11-28-66(70)85)91-82-46-41-59(56-24-8-3-9-25-56)50-78(82)79-52-61(42-47-83(79)91)63-35-18-26-60-51-75(60)63/h1-2,4-8,10-14,16-31,33-50,52-53,60,75H,3,9,51H2. The Morgan fingerprint density at radius 2 is 0.935 bits per heavy atom. The fourth-order valence-electron chi connectivity index (χ4n) is 16.2. The average molecular weight is 1170 g/mol. The van der Waals surface area contributed by atoms with Crippen molar-refractivity contribution in [1.29, 1.82) is 0 Å². The van der Waals surface area contributed by atoms with Gasteiger partial charge >= 0.3 is 0 Å². The number of aromatic nitrogens is 2. The Bertz CT molecular complexity index is 5950. The normalized spacial score (nSPS) is 15.4. The summed E-state index contributed by atoms with van der Waals surface area (Å²) in [5, 5.41) is 16.2. The lowest BCUT2D eigenvalue weighted by Crippen LogP contribution is -1.99. The fourth-order valence-corrected chi connectivity index (χ4v) is 16.2. The summed E-state index contributed by atoms with van der Waals surface area (Å²) in [7, 11) is 0. The lowest BCUT2D eigenvalue weighted by Gasteiger charge is -2.19. The van der Waals surface area contributed by atoms with Gasteiger partial charge in [0.15, 0.2) is 0 Å². The van der Waals surface area contributed by atoms with Gasteiger partial charge in [-0.05, 0) is 176 Å². The molecule has 0 saturated heterocycles. The Kier molecular flexibility index (Phi) is 11.1. The summed E-state index contributed by atoms with van der Waals surface area (Å²) in [6, 6.07) is 102. The molecule has 0 spiro atoms. The highest BCUT2D eigenvalue weighted by Crippen LogP contribution is 2.53. The first-order valence-corrected chi connectivity index (χ1v) is 32.4. The highest BCUT2D eigenvalue weighted by Gasteiger charge is 2.39. The van der Waals surface area contributed by atoms with E-state index >= 15 is 0 Å². The van der Waals surface area contributed by atoms with Crippen molar-refractivity contribution >= 4 is 120 Å². The first kappa shape index (κ1) is 51.2. The zero-order chi connectivity index (χ0) is 60.1. The molecule has 0 aliphatic heterocycles. The van der Waals surface area contributed by atoms with Crippen LogP contribution >= 0.6 is 0 Å². The van der Waals surface area contributed by atoms with E-state index in [0.29, 0.717) is 11.8 Å². The molecule has 3 aliphatic rings. The van der Waals surface area contributed by atoms with E-state index in [1.807, 2.05) is 6.07 Å². The number of allylic oxidation sites excluding steroid dienone is 8. The van der Waals surface area contributed by atoms with Gasteiger partial charge < -0.3 is 13.6 Å². The van der Waals surface area contributed by atoms with Crippen LogP contribution in [-0.4, -0.2) is 9.13 Å². The molecule has 20 rings (SSSR count). The van der Waals surface area contributed by atoms with Crippen molar-refractivity contribution in [3.05, 3.63) is 315 Å². The summed E-state index contributed by atoms with van der Waals surface area (Å²) in [4.78, 5) is 0. The Hall–Kier alpha value is -11.7. The van der Waals surface area contributed by atoms with Crippen LogP contribution in [0.5, 0.6) is 0 Å². The Labute approximate surface area is 531 Å². The van der Waals surface area contributed by atoms with Gasteiger partial charge in [-0.25, -0.2) is 0 Å². The minimum absolute atomic E-state index is 0.605. The maximum absolute atomic E-state index is 7.39. The second-order valence-corrected chi connectivity index (χ2v) is 25.5. The minimum atomic E-state index is 0.605. The van der Waals surface area contributed by atoms with Gasteiger partial charge in [0, 0.05) is 65.0 Å². The van der Waals surface area contributed by atoms with Gasteiger partial charge in [0.2, 0.25) is 0 Å². The van der Waals surface area contributed by atoms with Crippen LogP contribution in [0.15, 0.2) is 296 Å². The number of furan rings is 1. The Morgan fingerprint density at radius 1 is 0.391 bits per heavy atom. The lowest BCUT2D eigenvalue weighted by molar-refractivity contribution is 0.670. The van der Waals surface area contributed by atoms with Crippen molar-refractivity contribution in [3.63, 3.8) is 0 Å². The first-order valence-electron chi connectivity index (χ1n) is 32.4. The Morgan fingerprint density at radius 3 is 1.58 bits per heavy atom. The van der Waals surface area contributed by atoms with Crippen LogP contribution in [0, 0.1) is 24.0 Å². The maximum Gasteiger partial charge on any atom is 0.143 e. The zero-order valence-corrected chi connectivity index (χ0v) is 50.3. The molecule has 3 aliphatic carbocycles. The number of nitrogens with zero attached hydrogens (tertiary/aromatic N) is 2. The predicted octanol–water partition coefficient (Wildman–Crippen LogP) is 24.0. The molecule has 3 nitrogen and oxygen atoms in total. The third-order valence-corrected chi connectivity index (χ3v) is 20.4. The van der Waals surface area contributed by atoms with Gasteiger partial charge in [0.05, 0.1) is 38.8 Å². The molecule has 0 radical (unpaired) electrons. The number of fused-ring (bicyclic) bond motifs is 14. The molecule has 3 heterocycles. The van der Waals surface area contributed by atoms with Gasteiger partial charge in [-0.2, -0.15) is 0 Å². The van der Waals surface area contributed by atoms with Gasteiger partial charge in [0.25, 0.3) is 0 Å². The summed E-state index contributed by atoms with van der Waals surface area (Å²) < 4.78 is 12.4. The van der Waals surface area contributed by atoms with Crippen molar-refractivity contribution in [1.82, 2.24) is 9.13 Å². The van der Waals surface area contributed by atoms with Crippen LogP contribution in [0.1, 0.15) is 30.4 Å². The zero-order valence-electron chi connectivity index (χ0n) is 50.3. The molecule has 1 saturated carbocycles. The molecule has 0 N–H and O–H groups in total. The molecule has 0 amide bonds. The van der Waals surface area contributed by atoms with Crippen LogP contribution in [0.4, 0.5) is 0 Å². The van der Waals surface area contributed by atoms with Crippen molar-refractivity contribution in [3.8, 4) is 55.9 Å².